The second-order valence-electron chi connectivity index (χ2n) is 5.85. The van der Waals surface area contributed by atoms with Crippen molar-refractivity contribution < 1.29 is 17.7 Å². The summed E-state index contributed by atoms with van der Waals surface area (Å²) in [6.07, 6.45) is 2.64. The van der Waals surface area contributed by atoms with Crippen LogP contribution in [0, 0.1) is 12.8 Å². The van der Waals surface area contributed by atoms with Gasteiger partial charge < -0.3 is 5.11 Å². The minimum atomic E-state index is -3.70. The Balaban J connectivity index is 1.90. The third-order valence-electron chi connectivity index (χ3n) is 4.05. The monoisotopic (exact) mass is 332 g/mol. The van der Waals surface area contributed by atoms with Gasteiger partial charge in [0, 0.05) is 0 Å². The van der Waals surface area contributed by atoms with Crippen molar-refractivity contribution in [3.8, 4) is 0 Å². The summed E-state index contributed by atoms with van der Waals surface area (Å²) < 4.78 is 29.3. The first-order valence-corrected chi connectivity index (χ1v) is 9.03. The number of benzene rings is 1. The Kier molecular flexibility index (Phi) is 5.30. The third kappa shape index (κ3) is 4.42. The summed E-state index contributed by atoms with van der Waals surface area (Å²) in [6.45, 7) is 2.06. The zero-order valence-corrected chi connectivity index (χ0v) is 13.7. The average Bonchev–Trinajstić information content (AvgIpc) is 2.47. The molecule has 1 aromatic rings. The molecule has 6 heteroatoms. The van der Waals surface area contributed by atoms with Crippen LogP contribution in [0.5, 0.6) is 0 Å². The molecule has 4 nitrogen and oxygen atoms in total. The van der Waals surface area contributed by atoms with E-state index in [4.69, 9.17) is 15.8 Å². The fourth-order valence-corrected chi connectivity index (χ4v) is 3.72. The van der Waals surface area contributed by atoms with E-state index >= 15 is 0 Å². The fraction of sp³-hybridized carbons (Fsp3) is 0.600. The molecule has 0 amide bonds. The van der Waals surface area contributed by atoms with Crippen molar-refractivity contribution in [3.63, 3.8) is 0 Å². The SMILES string of the molecule is Cc1ccc(S(=O)(=O)OCC2CCC(O)(CCl)CC2)cc1. The van der Waals surface area contributed by atoms with Crippen LogP contribution in [0.15, 0.2) is 29.2 Å². The van der Waals surface area contributed by atoms with Crippen molar-refractivity contribution in [1.82, 2.24) is 0 Å². The van der Waals surface area contributed by atoms with E-state index in [0.29, 0.717) is 12.8 Å². The predicted molar refractivity (Wildman–Crippen MR) is 81.9 cm³/mol. The summed E-state index contributed by atoms with van der Waals surface area (Å²) >= 11 is 5.73. The molecule has 0 atom stereocenters. The Hall–Kier alpha value is -0.620. The van der Waals surface area contributed by atoms with Crippen LogP contribution in [0.1, 0.15) is 31.2 Å². The van der Waals surface area contributed by atoms with Gasteiger partial charge in [-0.3, -0.25) is 4.18 Å². The molecule has 0 radical (unpaired) electrons. The summed E-state index contributed by atoms with van der Waals surface area (Å²) in [5.74, 6) is 0.371. The van der Waals surface area contributed by atoms with E-state index in [1.54, 1.807) is 24.3 Å². The van der Waals surface area contributed by atoms with Gasteiger partial charge in [-0.15, -0.1) is 11.6 Å². The molecule has 21 heavy (non-hydrogen) atoms. The highest BCUT2D eigenvalue weighted by Crippen LogP contribution is 2.33. The highest BCUT2D eigenvalue weighted by molar-refractivity contribution is 7.86. The smallest absolute Gasteiger partial charge is 0.296 e. The standard InChI is InChI=1S/C15H21ClO4S/c1-12-2-4-14(5-3-12)21(18,19)20-10-13-6-8-15(17,11-16)9-7-13/h2-5,13,17H,6-11H2,1H3. The van der Waals surface area contributed by atoms with Crippen LogP contribution in [-0.2, 0) is 14.3 Å². The quantitative estimate of drug-likeness (QED) is 0.665. The number of halogens is 1. The molecule has 0 spiro atoms. The molecule has 118 valence electrons. The predicted octanol–water partition coefficient (Wildman–Crippen LogP) is 2.86. The van der Waals surface area contributed by atoms with Gasteiger partial charge in [-0.2, -0.15) is 8.42 Å². The topological polar surface area (TPSA) is 63.6 Å². The van der Waals surface area contributed by atoms with Gasteiger partial charge in [0.2, 0.25) is 0 Å². The second kappa shape index (κ2) is 6.65. The summed E-state index contributed by atoms with van der Waals surface area (Å²) in [6, 6.07) is 6.60. The first-order valence-electron chi connectivity index (χ1n) is 7.09. The van der Waals surface area contributed by atoms with Crippen LogP contribution in [0.3, 0.4) is 0 Å². The van der Waals surface area contributed by atoms with Gasteiger partial charge in [-0.1, -0.05) is 17.7 Å². The first kappa shape index (κ1) is 16.7. The van der Waals surface area contributed by atoms with Crippen LogP contribution in [0.4, 0.5) is 0 Å². The van der Waals surface area contributed by atoms with E-state index < -0.39 is 15.7 Å². The number of aryl methyl sites for hydroxylation is 1. The molecule has 0 aliphatic heterocycles. The van der Waals surface area contributed by atoms with Crippen molar-refractivity contribution in [2.45, 2.75) is 43.1 Å². The van der Waals surface area contributed by atoms with Gasteiger partial charge in [0.1, 0.15) is 0 Å². The summed E-state index contributed by atoms with van der Waals surface area (Å²) in [5, 5.41) is 10.0. The fourth-order valence-electron chi connectivity index (χ4n) is 2.47. The minimum Gasteiger partial charge on any atom is -0.389 e. The summed E-state index contributed by atoms with van der Waals surface area (Å²) in [5.41, 5.74) is 0.204. The Bertz CT molecular complexity index is 560. The molecule has 1 aliphatic carbocycles. The largest absolute Gasteiger partial charge is 0.389 e. The average molecular weight is 333 g/mol. The second-order valence-corrected chi connectivity index (χ2v) is 7.74. The summed E-state index contributed by atoms with van der Waals surface area (Å²) in [4.78, 5) is 0.182. The molecule has 0 saturated heterocycles. The molecule has 0 heterocycles. The van der Waals surface area contributed by atoms with E-state index in [2.05, 4.69) is 0 Å². The van der Waals surface area contributed by atoms with Crippen molar-refractivity contribution >= 4 is 21.7 Å². The van der Waals surface area contributed by atoms with Gasteiger partial charge in [-0.25, -0.2) is 0 Å². The maximum atomic E-state index is 12.1. The Morgan fingerprint density at radius 1 is 1.29 bits per heavy atom. The molecule has 0 aromatic heterocycles. The normalized spacial score (nSPS) is 26.7. The number of rotatable bonds is 5. The van der Waals surface area contributed by atoms with Gasteiger partial charge in [0.15, 0.2) is 0 Å². The van der Waals surface area contributed by atoms with E-state index in [1.807, 2.05) is 6.92 Å². The number of hydrogen-bond donors (Lipinski definition) is 1. The zero-order valence-electron chi connectivity index (χ0n) is 12.1. The molecule has 1 aliphatic rings. The van der Waals surface area contributed by atoms with Crippen LogP contribution < -0.4 is 0 Å². The number of alkyl halides is 1. The van der Waals surface area contributed by atoms with Gasteiger partial charge in [0.25, 0.3) is 10.1 Å². The van der Waals surface area contributed by atoms with Crippen molar-refractivity contribution in [2.24, 2.45) is 5.92 Å². The summed E-state index contributed by atoms with van der Waals surface area (Å²) in [7, 11) is -3.70. The van der Waals surface area contributed by atoms with Crippen LogP contribution in [0.25, 0.3) is 0 Å². The van der Waals surface area contributed by atoms with E-state index in [1.165, 1.54) is 0 Å². The Morgan fingerprint density at radius 2 is 1.86 bits per heavy atom. The van der Waals surface area contributed by atoms with Gasteiger partial charge >= 0.3 is 0 Å². The van der Waals surface area contributed by atoms with E-state index in [-0.39, 0.29) is 23.3 Å². The van der Waals surface area contributed by atoms with Gasteiger partial charge in [-0.05, 0) is 50.7 Å². The molecule has 1 saturated carbocycles. The zero-order chi connectivity index (χ0) is 15.5. The highest BCUT2D eigenvalue weighted by atomic mass is 35.5. The maximum absolute atomic E-state index is 12.1. The molecular formula is C15H21ClO4S. The molecular weight excluding hydrogens is 312 g/mol. The molecule has 2 rings (SSSR count). The molecule has 0 bridgehead atoms. The lowest BCUT2D eigenvalue weighted by Crippen LogP contribution is -2.36. The molecule has 0 unspecified atom stereocenters. The Morgan fingerprint density at radius 3 is 2.38 bits per heavy atom. The number of aliphatic hydroxyl groups is 1. The van der Waals surface area contributed by atoms with E-state index in [0.717, 1.165) is 18.4 Å². The van der Waals surface area contributed by atoms with Gasteiger partial charge in [0.05, 0.1) is 23.0 Å². The van der Waals surface area contributed by atoms with Crippen molar-refractivity contribution in [1.29, 1.82) is 0 Å². The third-order valence-corrected chi connectivity index (χ3v) is 5.85. The highest BCUT2D eigenvalue weighted by Gasteiger charge is 2.33. The van der Waals surface area contributed by atoms with Crippen LogP contribution in [0.2, 0.25) is 0 Å². The van der Waals surface area contributed by atoms with Crippen molar-refractivity contribution in [2.75, 3.05) is 12.5 Å². The first-order chi connectivity index (χ1) is 9.85. The Labute approximate surface area is 131 Å². The lowest BCUT2D eigenvalue weighted by molar-refractivity contribution is 0.00506. The van der Waals surface area contributed by atoms with Crippen molar-refractivity contribution in [3.05, 3.63) is 29.8 Å². The molecule has 1 N–H and O–H groups in total. The molecule has 1 aromatic carbocycles. The minimum absolute atomic E-state index is 0.147. The lowest BCUT2D eigenvalue weighted by Gasteiger charge is -2.34. The van der Waals surface area contributed by atoms with E-state index in [9.17, 15) is 13.5 Å². The maximum Gasteiger partial charge on any atom is 0.296 e. The number of hydrogen-bond acceptors (Lipinski definition) is 4. The van der Waals surface area contributed by atoms with Crippen LogP contribution in [-0.4, -0.2) is 31.6 Å². The molecule has 1 fully saturated rings. The lowest BCUT2D eigenvalue weighted by atomic mass is 9.80. The van der Waals surface area contributed by atoms with Crippen LogP contribution >= 0.6 is 11.6 Å².